The second-order valence-corrected chi connectivity index (χ2v) is 9.58. The molecule has 0 saturated heterocycles. The van der Waals surface area contributed by atoms with Gasteiger partial charge in [-0.15, -0.1) is 0 Å². The summed E-state index contributed by atoms with van der Waals surface area (Å²) in [6, 6.07) is 2.68. The van der Waals surface area contributed by atoms with E-state index in [-0.39, 0.29) is 35.8 Å². The molecule has 0 bridgehead atoms. The fourth-order valence-electron chi connectivity index (χ4n) is 3.79. The van der Waals surface area contributed by atoms with Crippen molar-refractivity contribution in [2.45, 2.75) is 63.8 Å². The van der Waals surface area contributed by atoms with E-state index in [2.05, 4.69) is 26.6 Å². The van der Waals surface area contributed by atoms with Crippen LogP contribution >= 0.6 is 0 Å². The largest absolute Gasteiger partial charge is 0.508 e. The number of nitrogens with one attached hydrogen (secondary N) is 5. The van der Waals surface area contributed by atoms with Crippen LogP contribution in [0.1, 0.15) is 56.9 Å². The van der Waals surface area contributed by atoms with Crippen LogP contribution < -0.4 is 38.1 Å². The molecule has 0 saturated carbocycles. The molecule has 1 aromatic rings. The zero-order chi connectivity index (χ0) is 29.6. The summed E-state index contributed by atoms with van der Waals surface area (Å²) in [6.07, 6.45) is 5.10. The second kappa shape index (κ2) is 21.4. The molecule has 0 aliphatic rings. The third-order valence-corrected chi connectivity index (χ3v) is 6.00. The zero-order valence-electron chi connectivity index (χ0n) is 23.3. The lowest BCUT2D eigenvalue weighted by Gasteiger charge is -2.17. The molecule has 0 spiro atoms. The van der Waals surface area contributed by atoms with E-state index in [0.717, 1.165) is 64.3 Å². The number of carbonyl (C=O) groups is 4. The van der Waals surface area contributed by atoms with Crippen molar-refractivity contribution in [2.75, 3.05) is 45.8 Å². The van der Waals surface area contributed by atoms with E-state index in [4.69, 9.17) is 11.5 Å². The molecular weight excluding hydrogens is 518 g/mol. The van der Waals surface area contributed by atoms with Gasteiger partial charge in [0, 0.05) is 37.7 Å². The van der Waals surface area contributed by atoms with E-state index in [9.17, 15) is 29.4 Å². The number of benzene rings is 1. The van der Waals surface area contributed by atoms with Crippen LogP contribution in [0.15, 0.2) is 18.2 Å². The first-order valence-corrected chi connectivity index (χ1v) is 14.0. The standard InChI is InChI=1S/C27H47N7O6/c28-10-2-5-11-30-12-6-13-31-16-9-25(38)32-14-3-1-4-15-33-27(40)22(19-24(29)37)34-26(39)17-20-7-8-21(35)18-23(20)36/h7-8,18,22,30-31,35-36H,1-6,9-17,19,28H2,(H2,29,37)(H,32,38)(H,33,40)(H,34,39). The predicted molar refractivity (Wildman–Crippen MR) is 152 cm³/mol. The van der Waals surface area contributed by atoms with Gasteiger partial charge in [-0.3, -0.25) is 19.2 Å². The predicted octanol–water partition coefficient (Wildman–Crippen LogP) is -0.898. The molecule has 13 heteroatoms. The van der Waals surface area contributed by atoms with Gasteiger partial charge < -0.3 is 48.3 Å². The van der Waals surface area contributed by atoms with Crippen molar-refractivity contribution in [3.8, 4) is 11.5 Å². The lowest BCUT2D eigenvalue weighted by Crippen LogP contribution is -2.49. The summed E-state index contributed by atoms with van der Waals surface area (Å²) < 4.78 is 0. The molecule has 0 heterocycles. The molecule has 1 unspecified atom stereocenters. The number of phenols is 2. The maximum absolute atomic E-state index is 12.5. The van der Waals surface area contributed by atoms with Crippen LogP contribution in [0.5, 0.6) is 11.5 Å². The van der Waals surface area contributed by atoms with Crippen LogP contribution in [0.4, 0.5) is 0 Å². The minimum absolute atomic E-state index is 0.00799. The van der Waals surface area contributed by atoms with Crippen molar-refractivity contribution in [1.29, 1.82) is 0 Å². The van der Waals surface area contributed by atoms with E-state index >= 15 is 0 Å². The Hall–Kier alpha value is -3.42. The van der Waals surface area contributed by atoms with Crippen LogP contribution in [0.2, 0.25) is 0 Å². The van der Waals surface area contributed by atoms with Gasteiger partial charge in [-0.2, -0.15) is 0 Å². The summed E-state index contributed by atoms with van der Waals surface area (Å²) in [5, 5.41) is 33.9. The highest BCUT2D eigenvalue weighted by atomic mass is 16.3. The van der Waals surface area contributed by atoms with E-state index in [1.54, 1.807) is 0 Å². The van der Waals surface area contributed by atoms with E-state index < -0.39 is 23.8 Å². The summed E-state index contributed by atoms with van der Waals surface area (Å²) in [7, 11) is 0. The quantitative estimate of drug-likeness (QED) is 0.0749. The molecule has 0 radical (unpaired) electrons. The van der Waals surface area contributed by atoms with Gasteiger partial charge in [-0.05, 0) is 70.8 Å². The van der Waals surface area contributed by atoms with Crippen molar-refractivity contribution in [2.24, 2.45) is 11.5 Å². The second-order valence-electron chi connectivity index (χ2n) is 9.58. The molecule has 1 rings (SSSR count). The van der Waals surface area contributed by atoms with Crippen LogP contribution in [0, 0.1) is 0 Å². The number of nitrogens with two attached hydrogens (primary N) is 2. The normalized spacial score (nSPS) is 11.5. The van der Waals surface area contributed by atoms with E-state index in [1.807, 2.05) is 0 Å². The highest BCUT2D eigenvalue weighted by Crippen LogP contribution is 2.22. The number of aromatic hydroxyl groups is 2. The molecule has 0 aliphatic heterocycles. The molecule has 4 amide bonds. The first-order chi connectivity index (χ1) is 19.2. The van der Waals surface area contributed by atoms with Crippen LogP contribution in [-0.4, -0.2) is 85.7 Å². The van der Waals surface area contributed by atoms with Crippen molar-refractivity contribution in [3.63, 3.8) is 0 Å². The first-order valence-electron chi connectivity index (χ1n) is 14.0. The lowest BCUT2D eigenvalue weighted by molar-refractivity contribution is -0.131. The maximum atomic E-state index is 12.5. The molecular formula is C27H47N7O6. The van der Waals surface area contributed by atoms with Crippen LogP contribution in [0.25, 0.3) is 0 Å². The Morgan fingerprint density at radius 2 is 1.43 bits per heavy atom. The smallest absolute Gasteiger partial charge is 0.243 e. The highest BCUT2D eigenvalue weighted by molar-refractivity contribution is 5.92. The highest BCUT2D eigenvalue weighted by Gasteiger charge is 2.23. The van der Waals surface area contributed by atoms with Gasteiger partial charge in [0.05, 0.1) is 12.8 Å². The van der Waals surface area contributed by atoms with Gasteiger partial charge in [0.25, 0.3) is 0 Å². The van der Waals surface area contributed by atoms with Crippen molar-refractivity contribution in [3.05, 3.63) is 23.8 Å². The molecule has 0 aliphatic carbocycles. The first kappa shape index (κ1) is 34.6. The van der Waals surface area contributed by atoms with Crippen LogP contribution in [0.3, 0.4) is 0 Å². The Morgan fingerprint density at radius 3 is 2.10 bits per heavy atom. The number of rotatable bonds is 23. The monoisotopic (exact) mass is 565 g/mol. The number of hydrogen-bond donors (Lipinski definition) is 9. The topological polar surface area (TPSA) is 221 Å². The molecule has 40 heavy (non-hydrogen) atoms. The molecule has 11 N–H and O–H groups in total. The molecule has 13 nitrogen and oxygen atoms in total. The summed E-state index contributed by atoms with van der Waals surface area (Å²) in [4.78, 5) is 48.2. The Bertz CT molecular complexity index is 915. The zero-order valence-corrected chi connectivity index (χ0v) is 23.3. The molecule has 0 aromatic heterocycles. The van der Waals surface area contributed by atoms with E-state index in [1.165, 1.54) is 12.1 Å². The SMILES string of the molecule is NCCCCNCCCNCCC(=O)NCCCCCNC(=O)C(CC(N)=O)NC(=O)Cc1ccc(O)cc1O. The maximum Gasteiger partial charge on any atom is 0.243 e. The summed E-state index contributed by atoms with van der Waals surface area (Å²) in [5.41, 5.74) is 10.9. The Morgan fingerprint density at radius 1 is 0.775 bits per heavy atom. The fourth-order valence-corrected chi connectivity index (χ4v) is 3.79. The fraction of sp³-hybridized carbons (Fsp3) is 0.630. The number of phenolic OH excluding ortho intramolecular Hbond substituents is 2. The van der Waals surface area contributed by atoms with Crippen LogP contribution in [-0.2, 0) is 25.6 Å². The average molecular weight is 566 g/mol. The minimum Gasteiger partial charge on any atom is -0.508 e. The average Bonchev–Trinajstić information content (AvgIpc) is 2.90. The summed E-state index contributed by atoms with van der Waals surface area (Å²) in [5.74, 6) is -2.28. The Balaban J connectivity index is 2.15. The Labute approximate surface area is 236 Å². The molecule has 0 fully saturated rings. The van der Waals surface area contributed by atoms with Crippen molar-refractivity contribution < 1.29 is 29.4 Å². The third-order valence-electron chi connectivity index (χ3n) is 6.00. The third kappa shape index (κ3) is 17.2. The van der Waals surface area contributed by atoms with Gasteiger partial charge in [0.2, 0.25) is 23.6 Å². The van der Waals surface area contributed by atoms with Gasteiger partial charge in [-0.1, -0.05) is 6.07 Å². The summed E-state index contributed by atoms with van der Waals surface area (Å²) >= 11 is 0. The van der Waals surface area contributed by atoms with Gasteiger partial charge in [0.15, 0.2) is 0 Å². The number of hydrogen-bond acceptors (Lipinski definition) is 9. The van der Waals surface area contributed by atoms with Gasteiger partial charge in [-0.25, -0.2) is 0 Å². The number of amides is 4. The lowest BCUT2D eigenvalue weighted by atomic mass is 10.1. The van der Waals surface area contributed by atoms with Crippen molar-refractivity contribution in [1.82, 2.24) is 26.6 Å². The number of unbranched alkanes of at least 4 members (excludes halogenated alkanes) is 3. The van der Waals surface area contributed by atoms with E-state index in [0.29, 0.717) is 32.5 Å². The van der Waals surface area contributed by atoms with Gasteiger partial charge in [0.1, 0.15) is 17.5 Å². The number of carbonyl (C=O) groups excluding carboxylic acids is 4. The Kier molecular flexibility index (Phi) is 18.5. The van der Waals surface area contributed by atoms with Crippen molar-refractivity contribution >= 4 is 23.6 Å². The molecule has 226 valence electrons. The summed E-state index contributed by atoms with van der Waals surface area (Å²) in [6.45, 7) is 5.02. The minimum atomic E-state index is -1.14. The molecule has 1 atom stereocenters. The molecule has 1 aromatic carbocycles. The number of primary amides is 1. The van der Waals surface area contributed by atoms with Gasteiger partial charge >= 0.3 is 0 Å².